The van der Waals surface area contributed by atoms with E-state index in [1.54, 1.807) is 6.92 Å². The monoisotopic (exact) mass is 367 g/mol. The molecule has 0 saturated carbocycles. The highest BCUT2D eigenvalue weighted by molar-refractivity contribution is 9.10. The smallest absolute Gasteiger partial charge is 0.336 e. The van der Waals surface area contributed by atoms with E-state index in [0.717, 1.165) is 6.07 Å². The van der Waals surface area contributed by atoms with Gasteiger partial charge in [-0.3, -0.25) is 4.84 Å². The second-order valence-corrected chi connectivity index (χ2v) is 6.31. The lowest BCUT2D eigenvalue weighted by Gasteiger charge is -2.10. The van der Waals surface area contributed by atoms with Crippen molar-refractivity contribution < 1.29 is 27.9 Å². The third kappa shape index (κ3) is 4.25. The van der Waals surface area contributed by atoms with Gasteiger partial charge in [-0.15, -0.1) is 0 Å². The number of sulfonamides is 1. The number of nitrogens with one attached hydrogen (secondary N) is 1. The van der Waals surface area contributed by atoms with Crippen LogP contribution in [0.1, 0.15) is 15.9 Å². The van der Waals surface area contributed by atoms with Crippen LogP contribution in [0.15, 0.2) is 21.5 Å². The van der Waals surface area contributed by atoms with E-state index >= 15 is 0 Å². The quantitative estimate of drug-likeness (QED) is 0.556. The zero-order valence-corrected chi connectivity index (χ0v) is 13.2. The third-order valence-corrected chi connectivity index (χ3v) is 4.43. The first-order valence-electron chi connectivity index (χ1n) is 5.45. The van der Waals surface area contributed by atoms with Crippen LogP contribution in [0.2, 0.25) is 0 Å². The van der Waals surface area contributed by atoms with Crippen LogP contribution in [0.5, 0.6) is 0 Å². The molecule has 1 rings (SSSR count). The Morgan fingerprint density at radius 1 is 1.40 bits per heavy atom. The summed E-state index contributed by atoms with van der Waals surface area (Å²) in [7, 11) is -2.50. The highest BCUT2D eigenvalue weighted by Crippen LogP contribution is 2.24. The summed E-state index contributed by atoms with van der Waals surface area (Å²) in [6.45, 7) is 1.83. The van der Waals surface area contributed by atoms with Gasteiger partial charge in [0.1, 0.15) is 0 Å². The Morgan fingerprint density at radius 2 is 2.05 bits per heavy atom. The van der Waals surface area contributed by atoms with Gasteiger partial charge >= 0.3 is 5.97 Å². The first kappa shape index (κ1) is 17.1. The maximum Gasteiger partial charge on any atom is 0.336 e. The number of carboxylic acid groups (broad SMARTS) is 1. The van der Waals surface area contributed by atoms with Crippen molar-refractivity contribution >= 4 is 31.9 Å². The topological polar surface area (TPSA) is 102 Å². The molecule has 0 radical (unpaired) electrons. The Kier molecular flexibility index (Phi) is 6.08. The molecule has 1 aromatic rings. The van der Waals surface area contributed by atoms with Crippen LogP contribution < -0.4 is 4.89 Å². The summed E-state index contributed by atoms with van der Waals surface area (Å²) in [6.07, 6.45) is 0. The lowest BCUT2D eigenvalue weighted by atomic mass is 10.1. The number of ether oxygens (including phenoxy) is 1. The standard InChI is InChI=1S/C11H14BrNO6S/c1-7-9(11(14)15)5-8(6-10(7)12)20(16,17)13-19-4-3-18-2/h5-6,13H,3-4H2,1-2H3,(H,14,15). The molecule has 0 bridgehead atoms. The van der Waals surface area contributed by atoms with Gasteiger partial charge in [0.25, 0.3) is 10.0 Å². The lowest BCUT2D eigenvalue weighted by Crippen LogP contribution is -2.26. The van der Waals surface area contributed by atoms with Crippen molar-refractivity contribution in [3.8, 4) is 0 Å². The zero-order valence-electron chi connectivity index (χ0n) is 10.8. The molecule has 0 spiro atoms. The second-order valence-electron chi connectivity index (χ2n) is 3.81. The molecule has 0 aliphatic rings. The zero-order chi connectivity index (χ0) is 15.3. The van der Waals surface area contributed by atoms with Crippen LogP contribution >= 0.6 is 15.9 Å². The van der Waals surface area contributed by atoms with Crippen molar-refractivity contribution in [3.63, 3.8) is 0 Å². The summed E-state index contributed by atoms with van der Waals surface area (Å²) in [5.41, 5.74) is 0.341. The second kappa shape index (κ2) is 7.14. The molecule has 0 saturated heterocycles. The van der Waals surface area contributed by atoms with Crippen molar-refractivity contribution in [3.05, 3.63) is 27.7 Å². The molecule has 0 atom stereocenters. The van der Waals surface area contributed by atoms with Crippen molar-refractivity contribution in [2.75, 3.05) is 20.3 Å². The number of carbonyl (C=O) groups is 1. The number of aromatic carboxylic acids is 1. The van der Waals surface area contributed by atoms with Crippen molar-refractivity contribution in [1.29, 1.82) is 0 Å². The molecule has 0 aromatic heterocycles. The van der Waals surface area contributed by atoms with Crippen molar-refractivity contribution in [2.24, 2.45) is 0 Å². The van der Waals surface area contributed by atoms with E-state index in [2.05, 4.69) is 15.9 Å². The van der Waals surface area contributed by atoms with Gasteiger partial charge in [-0.1, -0.05) is 20.8 Å². The average Bonchev–Trinajstić information content (AvgIpc) is 2.37. The highest BCUT2D eigenvalue weighted by Gasteiger charge is 2.20. The summed E-state index contributed by atoms with van der Waals surface area (Å²) in [6, 6.07) is 2.38. The summed E-state index contributed by atoms with van der Waals surface area (Å²) in [5, 5.41) is 9.04. The van der Waals surface area contributed by atoms with E-state index in [1.165, 1.54) is 13.2 Å². The van der Waals surface area contributed by atoms with Crippen LogP contribution in [0.25, 0.3) is 0 Å². The van der Waals surface area contributed by atoms with E-state index < -0.39 is 16.0 Å². The number of hydrogen-bond acceptors (Lipinski definition) is 5. The fraction of sp³-hybridized carbons (Fsp3) is 0.364. The molecule has 0 aliphatic heterocycles. The Balaban J connectivity index is 3.04. The van der Waals surface area contributed by atoms with Gasteiger partial charge in [-0.25, -0.2) is 13.2 Å². The van der Waals surface area contributed by atoms with Crippen LogP contribution in [0.4, 0.5) is 0 Å². The van der Waals surface area contributed by atoms with E-state index in [4.69, 9.17) is 14.7 Å². The van der Waals surface area contributed by atoms with Crippen LogP contribution in [-0.4, -0.2) is 39.8 Å². The fourth-order valence-corrected chi connectivity index (χ4v) is 2.82. The van der Waals surface area contributed by atoms with Gasteiger partial charge in [-0.05, 0) is 24.6 Å². The molecule has 112 valence electrons. The molecular weight excluding hydrogens is 354 g/mol. The number of halogens is 1. The molecule has 2 N–H and O–H groups in total. The molecule has 20 heavy (non-hydrogen) atoms. The van der Waals surface area contributed by atoms with Crippen molar-refractivity contribution in [1.82, 2.24) is 4.89 Å². The minimum absolute atomic E-state index is 0.0363. The van der Waals surface area contributed by atoms with Gasteiger partial charge in [0.2, 0.25) is 0 Å². The first-order chi connectivity index (χ1) is 9.29. The maximum absolute atomic E-state index is 11.9. The Labute approximate surface area is 125 Å². The first-order valence-corrected chi connectivity index (χ1v) is 7.73. The molecule has 9 heteroatoms. The van der Waals surface area contributed by atoms with Gasteiger partial charge in [-0.2, -0.15) is 0 Å². The molecular formula is C11H14BrNO6S. The van der Waals surface area contributed by atoms with E-state index in [-0.39, 0.29) is 23.7 Å². The number of methoxy groups -OCH3 is 1. The van der Waals surface area contributed by atoms with Gasteiger partial charge in [0, 0.05) is 11.6 Å². The summed E-state index contributed by atoms with van der Waals surface area (Å²) in [5.74, 6) is -1.21. The predicted molar refractivity (Wildman–Crippen MR) is 74.0 cm³/mol. The number of benzene rings is 1. The largest absolute Gasteiger partial charge is 0.478 e. The normalized spacial score (nSPS) is 11.6. The van der Waals surface area contributed by atoms with E-state index in [0.29, 0.717) is 10.0 Å². The number of hydrogen-bond donors (Lipinski definition) is 2. The molecule has 0 amide bonds. The third-order valence-electron chi connectivity index (χ3n) is 2.42. The average molecular weight is 368 g/mol. The molecule has 1 aromatic carbocycles. The van der Waals surface area contributed by atoms with Crippen molar-refractivity contribution in [2.45, 2.75) is 11.8 Å². The van der Waals surface area contributed by atoms with Gasteiger partial charge in [0.05, 0.1) is 23.7 Å². The van der Waals surface area contributed by atoms with E-state index in [1.807, 2.05) is 4.89 Å². The lowest BCUT2D eigenvalue weighted by molar-refractivity contribution is 0.0438. The summed E-state index contributed by atoms with van der Waals surface area (Å²) < 4.78 is 29.0. The SMILES string of the molecule is COCCONS(=O)(=O)c1cc(Br)c(C)c(C(=O)O)c1. The minimum atomic E-state index is -3.96. The molecule has 0 heterocycles. The Bertz CT molecular complexity index is 601. The van der Waals surface area contributed by atoms with E-state index in [9.17, 15) is 13.2 Å². The number of rotatable bonds is 7. The highest BCUT2D eigenvalue weighted by atomic mass is 79.9. The minimum Gasteiger partial charge on any atom is -0.478 e. The molecule has 0 unspecified atom stereocenters. The van der Waals surface area contributed by atoms with Crippen LogP contribution in [0.3, 0.4) is 0 Å². The summed E-state index contributed by atoms with van der Waals surface area (Å²) >= 11 is 3.13. The Hall–Kier alpha value is -1.00. The fourth-order valence-electron chi connectivity index (χ4n) is 1.32. The summed E-state index contributed by atoms with van der Waals surface area (Å²) in [4.78, 5) is 17.5. The van der Waals surface area contributed by atoms with Gasteiger partial charge < -0.3 is 9.84 Å². The molecule has 0 fully saturated rings. The number of carboxylic acids is 1. The van der Waals surface area contributed by atoms with Gasteiger partial charge in [0.15, 0.2) is 0 Å². The molecule has 0 aliphatic carbocycles. The van der Waals surface area contributed by atoms with Crippen LogP contribution in [-0.2, 0) is 19.6 Å². The molecule has 7 nitrogen and oxygen atoms in total. The maximum atomic E-state index is 11.9. The Morgan fingerprint density at radius 3 is 2.60 bits per heavy atom. The predicted octanol–water partition coefficient (Wildman–Crippen LogP) is 1.31. The van der Waals surface area contributed by atoms with Crippen LogP contribution in [0, 0.1) is 6.92 Å².